The number of fused-ring (bicyclic) bond motifs is 18. The van der Waals surface area contributed by atoms with E-state index in [0.29, 0.717) is 28.8 Å². The van der Waals surface area contributed by atoms with Crippen LogP contribution in [0.3, 0.4) is 0 Å². The Hall–Kier alpha value is -7.17. The smallest absolute Gasteiger partial charge is 0.326 e. The molecule has 2 aliphatic heterocycles. The first-order chi connectivity index (χ1) is 30.9. The number of aliphatic carboxylic acids is 1. The SMILES string of the molecule is NCCCC(=O)N[C@@H]1CC(=O)N[C@H](Cc2cccs2)C(=O)N[C@@H](Cc2ccc(-c3ccccc3)cc2)C(=O)N[C@H](Cc2ccccc2)C(=O)N[C@H](C(=O)O)Cc2ccc(cc2)NC1=O. The molecule has 0 radical (unpaired) electrons. The number of benzene rings is 4. The first-order valence-electron chi connectivity index (χ1n) is 21.0. The summed E-state index contributed by atoms with van der Waals surface area (Å²) in [4.78, 5) is 96.9. The molecule has 0 unspecified atom stereocenters. The Kier molecular flexibility index (Phi) is 16.5. The van der Waals surface area contributed by atoms with Gasteiger partial charge in [0.15, 0.2) is 0 Å². The van der Waals surface area contributed by atoms with Gasteiger partial charge < -0.3 is 42.7 Å². The van der Waals surface area contributed by atoms with Crippen molar-refractivity contribution >= 4 is 58.4 Å². The molecule has 15 nitrogen and oxygen atoms in total. The number of carbonyl (C=O) groups is 7. The van der Waals surface area contributed by atoms with Gasteiger partial charge in [0.05, 0.1) is 6.42 Å². The number of amides is 6. The number of nitrogens with one attached hydrogen (secondary N) is 6. The lowest BCUT2D eigenvalue weighted by atomic mass is 9.99. The van der Waals surface area contributed by atoms with Crippen molar-refractivity contribution in [3.8, 4) is 11.1 Å². The fourth-order valence-electron chi connectivity index (χ4n) is 7.19. The molecule has 7 rings (SSSR count). The van der Waals surface area contributed by atoms with E-state index in [2.05, 4.69) is 31.9 Å². The maximum atomic E-state index is 14.6. The van der Waals surface area contributed by atoms with E-state index in [1.54, 1.807) is 54.6 Å². The maximum Gasteiger partial charge on any atom is 0.326 e. The van der Waals surface area contributed by atoms with Crippen LogP contribution >= 0.6 is 11.3 Å². The third-order valence-electron chi connectivity index (χ3n) is 10.6. The Labute approximate surface area is 374 Å². The summed E-state index contributed by atoms with van der Waals surface area (Å²) in [7, 11) is 0. The summed E-state index contributed by atoms with van der Waals surface area (Å²) in [6.45, 7) is 0.231. The lowest BCUT2D eigenvalue weighted by molar-refractivity contribution is -0.142. The Morgan fingerprint density at radius 1 is 0.625 bits per heavy atom. The summed E-state index contributed by atoms with van der Waals surface area (Å²) in [6, 6.07) is 29.2. The minimum absolute atomic E-state index is 0.00588. The molecule has 0 saturated heterocycles. The van der Waals surface area contributed by atoms with Gasteiger partial charge in [-0.3, -0.25) is 28.8 Å². The van der Waals surface area contributed by atoms with Crippen molar-refractivity contribution in [3.05, 3.63) is 148 Å². The molecule has 5 aromatic rings. The van der Waals surface area contributed by atoms with Crippen molar-refractivity contribution in [2.24, 2.45) is 5.73 Å². The van der Waals surface area contributed by atoms with Crippen LogP contribution in [0.1, 0.15) is 40.8 Å². The van der Waals surface area contributed by atoms with Gasteiger partial charge in [-0.15, -0.1) is 11.3 Å². The zero-order valence-electron chi connectivity index (χ0n) is 35.0. The molecule has 0 saturated carbocycles. The van der Waals surface area contributed by atoms with E-state index in [4.69, 9.17) is 5.73 Å². The molecule has 9 N–H and O–H groups in total. The summed E-state index contributed by atoms with van der Waals surface area (Å²) in [5.74, 6) is -5.50. The van der Waals surface area contributed by atoms with E-state index >= 15 is 0 Å². The topological polar surface area (TPSA) is 238 Å². The van der Waals surface area contributed by atoms with E-state index in [-0.39, 0.29) is 38.6 Å². The number of thiophene rings is 1. The zero-order valence-corrected chi connectivity index (χ0v) is 35.8. The van der Waals surface area contributed by atoms with Gasteiger partial charge in [0.2, 0.25) is 35.4 Å². The van der Waals surface area contributed by atoms with Crippen molar-refractivity contribution in [1.82, 2.24) is 26.6 Å². The van der Waals surface area contributed by atoms with Crippen molar-refractivity contribution < 1.29 is 38.7 Å². The molecule has 2 aliphatic rings. The molecule has 64 heavy (non-hydrogen) atoms. The van der Waals surface area contributed by atoms with Crippen LogP contribution in [0, 0.1) is 0 Å². The Morgan fingerprint density at radius 2 is 1.20 bits per heavy atom. The molecule has 0 spiro atoms. The quantitative estimate of drug-likeness (QED) is 0.0858. The third-order valence-corrected chi connectivity index (χ3v) is 11.5. The number of hydrogen-bond donors (Lipinski definition) is 8. The van der Waals surface area contributed by atoms with Gasteiger partial charge in [0.25, 0.3) is 0 Å². The monoisotopic (exact) mass is 885 g/mol. The number of nitrogens with two attached hydrogens (primary N) is 1. The fourth-order valence-corrected chi connectivity index (χ4v) is 7.94. The molecular formula is C48H51N7O8S. The second-order valence-corrected chi connectivity index (χ2v) is 16.5. The molecule has 332 valence electrons. The zero-order chi connectivity index (χ0) is 45.4. The molecule has 6 amide bonds. The standard InChI is InChI=1S/C48H51N7O8S/c49-23-7-14-42(56)51-40-29-43(57)52-39(28-36-13-8-24-64-36)47(61)54-38(26-31-15-19-34(20-16-31)33-11-5-2-6-12-33)45(59)53-37(25-30-9-3-1-4-10-30)46(60)55-41(48(62)63)27-32-17-21-35(22-18-32)50-44(40)58/h1-6,8-13,15-22,24,37-41H,7,14,23,25-29,49H2,(H,50,58)(H,51,56)(H,52,57)(H,53,59)(H,54,61)(H,55,60)(H,62,63)/t37-,38+,39-,40-,41+/m1/s1. The van der Waals surface area contributed by atoms with Crippen LogP contribution in [0.2, 0.25) is 0 Å². The molecular weight excluding hydrogens is 835 g/mol. The number of carbonyl (C=O) groups excluding carboxylic acids is 6. The van der Waals surface area contributed by atoms with E-state index in [1.165, 1.54) is 23.5 Å². The number of hydrogen-bond acceptors (Lipinski definition) is 9. The highest BCUT2D eigenvalue weighted by Gasteiger charge is 2.33. The summed E-state index contributed by atoms with van der Waals surface area (Å²) in [5, 5.41) is 28.4. The predicted octanol–water partition coefficient (Wildman–Crippen LogP) is 3.28. The first kappa shape index (κ1) is 46.3. The van der Waals surface area contributed by atoms with Gasteiger partial charge >= 0.3 is 5.97 Å². The summed E-state index contributed by atoms with van der Waals surface area (Å²) in [5.41, 5.74) is 9.65. The summed E-state index contributed by atoms with van der Waals surface area (Å²) >= 11 is 1.35. The van der Waals surface area contributed by atoms with Crippen LogP contribution in [0.5, 0.6) is 0 Å². The second kappa shape index (κ2) is 22.8. The van der Waals surface area contributed by atoms with Gasteiger partial charge in [-0.25, -0.2) is 4.79 Å². The van der Waals surface area contributed by atoms with E-state index in [0.717, 1.165) is 16.0 Å². The normalized spacial score (nSPS) is 20.1. The summed E-state index contributed by atoms with van der Waals surface area (Å²) < 4.78 is 0. The fraction of sp³-hybridized carbons (Fsp3) is 0.271. The van der Waals surface area contributed by atoms with Crippen molar-refractivity contribution in [1.29, 1.82) is 0 Å². The van der Waals surface area contributed by atoms with Crippen LogP contribution in [0.25, 0.3) is 11.1 Å². The molecule has 2 bridgehead atoms. The lowest BCUT2D eigenvalue weighted by Crippen LogP contribution is -2.59. The molecule has 5 atom stereocenters. The van der Waals surface area contributed by atoms with Gasteiger partial charge in [0, 0.05) is 42.7 Å². The van der Waals surface area contributed by atoms with Gasteiger partial charge in [0.1, 0.15) is 30.2 Å². The maximum absolute atomic E-state index is 14.6. The van der Waals surface area contributed by atoms with Crippen molar-refractivity contribution in [3.63, 3.8) is 0 Å². The minimum Gasteiger partial charge on any atom is -0.480 e. The summed E-state index contributed by atoms with van der Waals surface area (Å²) in [6.07, 6.45) is -0.357. The van der Waals surface area contributed by atoms with Gasteiger partial charge in [-0.2, -0.15) is 0 Å². The highest BCUT2D eigenvalue weighted by atomic mass is 32.1. The molecule has 16 heteroatoms. The Balaban J connectivity index is 1.37. The van der Waals surface area contributed by atoms with Crippen molar-refractivity contribution in [2.75, 3.05) is 11.9 Å². The predicted molar refractivity (Wildman–Crippen MR) is 243 cm³/mol. The first-order valence-corrected chi connectivity index (χ1v) is 21.8. The number of rotatable bonds is 12. The van der Waals surface area contributed by atoms with Crippen molar-refractivity contribution in [2.45, 2.75) is 75.2 Å². The molecule has 0 aliphatic carbocycles. The number of carboxylic acids is 1. The van der Waals surface area contributed by atoms with Crippen LogP contribution in [-0.2, 0) is 59.2 Å². The third kappa shape index (κ3) is 13.7. The average Bonchev–Trinajstić information content (AvgIpc) is 3.81. The van der Waals surface area contributed by atoms with E-state index in [1.807, 2.05) is 60.0 Å². The number of carboxylic acid groups (broad SMARTS) is 1. The lowest BCUT2D eigenvalue weighted by Gasteiger charge is -2.26. The molecule has 1 aromatic heterocycles. The van der Waals surface area contributed by atoms with Gasteiger partial charge in [-0.05, 0) is 64.4 Å². The molecule has 4 aromatic carbocycles. The largest absolute Gasteiger partial charge is 0.480 e. The van der Waals surface area contributed by atoms with Crippen LogP contribution in [-0.4, -0.2) is 83.3 Å². The Bertz CT molecular complexity index is 2380. The average molecular weight is 886 g/mol. The second-order valence-electron chi connectivity index (χ2n) is 15.5. The molecule has 3 heterocycles. The highest BCUT2D eigenvalue weighted by Crippen LogP contribution is 2.21. The highest BCUT2D eigenvalue weighted by molar-refractivity contribution is 7.09. The molecule has 0 fully saturated rings. The van der Waals surface area contributed by atoms with E-state index in [9.17, 15) is 38.7 Å². The van der Waals surface area contributed by atoms with Crippen LogP contribution in [0.15, 0.2) is 127 Å². The number of anilines is 1. The van der Waals surface area contributed by atoms with Crippen LogP contribution < -0.4 is 37.6 Å². The minimum atomic E-state index is -1.42. The van der Waals surface area contributed by atoms with E-state index < -0.39 is 78.0 Å². The van der Waals surface area contributed by atoms with Gasteiger partial charge in [-0.1, -0.05) is 103 Å². The van der Waals surface area contributed by atoms with Crippen LogP contribution in [0.4, 0.5) is 5.69 Å². The Morgan fingerprint density at radius 3 is 1.80 bits per heavy atom.